The number of nitrogens with one attached hydrogen (secondary N) is 1. The highest BCUT2D eigenvalue weighted by molar-refractivity contribution is 7.92. The van der Waals surface area contributed by atoms with Gasteiger partial charge in [0, 0.05) is 31.1 Å². The smallest absolute Gasteiger partial charge is 0.264 e. The van der Waals surface area contributed by atoms with Gasteiger partial charge in [-0.1, -0.05) is 60.1 Å². The van der Waals surface area contributed by atoms with Crippen molar-refractivity contribution < 1.29 is 18.0 Å². The van der Waals surface area contributed by atoms with Crippen LogP contribution in [-0.4, -0.2) is 38.2 Å². The van der Waals surface area contributed by atoms with Crippen LogP contribution >= 0.6 is 11.6 Å². The number of amides is 2. The van der Waals surface area contributed by atoms with E-state index in [1.807, 2.05) is 29.2 Å². The summed E-state index contributed by atoms with van der Waals surface area (Å²) in [6.45, 7) is 1.21. The van der Waals surface area contributed by atoms with E-state index in [1.54, 1.807) is 36.4 Å². The van der Waals surface area contributed by atoms with Gasteiger partial charge in [0.15, 0.2) is 0 Å². The topological polar surface area (TPSA) is 86.8 Å². The molecule has 0 aliphatic carbocycles. The molecule has 2 amide bonds. The molecule has 3 aromatic carbocycles. The van der Waals surface area contributed by atoms with Gasteiger partial charge in [0.25, 0.3) is 10.0 Å². The van der Waals surface area contributed by atoms with Gasteiger partial charge in [-0.3, -0.25) is 13.9 Å². The summed E-state index contributed by atoms with van der Waals surface area (Å²) >= 11 is 6.09. The van der Waals surface area contributed by atoms with Crippen LogP contribution in [0.4, 0.5) is 5.69 Å². The Morgan fingerprint density at radius 2 is 1.69 bits per heavy atom. The maximum absolute atomic E-state index is 13.3. The van der Waals surface area contributed by atoms with Crippen molar-refractivity contribution in [3.63, 3.8) is 0 Å². The number of hydrogen-bond acceptors (Lipinski definition) is 4. The fraction of sp³-hybridized carbons (Fsp3) is 0.231. The molecule has 0 aromatic heterocycles. The normalized spacial score (nSPS) is 13.6. The molecule has 0 spiro atoms. The van der Waals surface area contributed by atoms with Gasteiger partial charge in [0.2, 0.25) is 11.8 Å². The number of likely N-dealkylation sites (tertiary alicyclic amines) is 1. The van der Waals surface area contributed by atoms with Crippen molar-refractivity contribution in [2.45, 2.75) is 30.8 Å². The Labute approximate surface area is 210 Å². The van der Waals surface area contributed by atoms with Crippen molar-refractivity contribution >= 4 is 39.1 Å². The second kappa shape index (κ2) is 10.9. The van der Waals surface area contributed by atoms with Crippen LogP contribution < -0.4 is 9.62 Å². The minimum atomic E-state index is -3.99. The number of carbonyl (C=O) groups excluding carboxylic acids is 2. The summed E-state index contributed by atoms with van der Waals surface area (Å²) in [5, 5.41) is 3.16. The van der Waals surface area contributed by atoms with Crippen LogP contribution in [-0.2, 0) is 32.7 Å². The molecule has 0 atom stereocenters. The molecule has 7 nitrogen and oxygen atoms in total. The van der Waals surface area contributed by atoms with Crippen LogP contribution in [0.5, 0.6) is 0 Å². The first-order valence-electron chi connectivity index (χ1n) is 11.3. The predicted molar refractivity (Wildman–Crippen MR) is 135 cm³/mol. The molecule has 0 radical (unpaired) electrons. The average Bonchev–Trinajstić information content (AvgIpc) is 3.26. The zero-order valence-electron chi connectivity index (χ0n) is 19.1. The number of rotatable bonds is 9. The van der Waals surface area contributed by atoms with Crippen molar-refractivity contribution in [3.05, 3.63) is 95.0 Å². The van der Waals surface area contributed by atoms with Gasteiger partial charge in [-0.15, -0.1) is 0 Å². The Hall–Kier alpha value is -3.36. The van der Waals surface area contributed by atoms with E-state index in [4.69, 9.17) is 11.6 Å². The van der Waals surface area contributed by atoms with Crippen molar-refractivity contribution in [1.29, 1.82) is 0 Å². The van der Waals surface area contributed by atoms with E-state index in [1.165, 1.54) is 18.2 Å². The third-order valence-corrected chi connectivity index (χ3v) is 7.80. The van der Waals surface area contributed by atoms with Gasteiger partial charge >= 0.3 is 0 Å². The number of nitrogens with zero attached hydrogens (tertiary/aromatic N) is 2. The van der Waals surface area contributed by atoms with Gasteiger partial charge in [0.05, 0.1) is 10.6 Å². The number of hydrogen-bond donors (Lipinski definition) is 1. The lowest BCUT2D eigenvalue weighted by Gasteiger charge is -2.24. The van der Waals surface area contributed by atoms with E-state index in [-0.39, 0.29) is 17.3 Å². The lowest BCUT2D eigenvalue weighted by Crippen LogP contribution is -2.40. The van der Waals surface area contributed by atoms with Gasteiger partial charge in [-0.25, -0.2) is 8.42 Å². The summed E-state index contributed by atoms with van der Waals surface area (Å²) in [4.78, 5) is 26.5. The molecule has 1 fully saturated rings. The van der Waals surface area contributed by atoms with E-state index in [9.17, 15) is 18.0 Å². The summed E-state index contributed by atoms with van der Waals surface area (Å²) < 4.78 is 27.7. The molecule has 9 heteroatoms. The SMILES string of the molecule is O=C(CN(c1cccc(Cl)c1)S(=O)(=O)c1ccccc1)NCc1ccc(CN2CCCC2=O)cc1. The van der Waals surface area contributed by atoms with E-state index in [0.717, 1.165) is 28.4 Å². The molecule has 182 valence electrons. The lowest BCUT2D eigenvalue weighted by atomic mass is 10.1. The summed E-state index contributed by atoms with van der Waals surface area (Å²) in [5.74, 6) is -0.271. The molecule has 1 heterocycles. The van der Waals surface area contributed by atoms with Crippen LogP contribution in [0.3, 0.4) is 0 Å². The van der Waals surface area contributed by atoms with E-state index >= 15 is 0 Å². The third-order valence-electron chi connectivity index (χ3n) is 5.77. The van der Waals surface area contributed by atoms with Crippen molar-refractivity contribution in [2.75, 3.05) is 17.4 Å². The van der Waals surface area contributed by atoms with Gasteiger partial charge in [-0.05, 0) is 47.9 Å². The van der Waals surface area contributed by atoms with Crippen LogP contribution in [0, 0.1) is 0 Å². The monoisotopic (exact) mass is 511 g/mol. The van der Waals surface area contributed by atoms with Crippen molar-refractivity contribution in [1.82, 2.24) is 10.2 Å². The first kappa shape index (κ1) is 24.8. The number of anilines is 1. The Balaban J connectivity index is 1.43. The minimum absolute atomic E-state index is 0.0832. The third kappa shape index (κ3) is 6.21. The fourth-order valence-corrected chi connectivity index (χ4v) is 5.53. The Morgan fingerprint density at radius 3 is 2.34 bits per heavy atom. The maximum Gasteiger partial charge on any atom is 0.264 e. The Morgan fingerprint density at radius 1 is 0.971 bits per heavy atom. The maximum atomic E-state index is 13.3. The molecule has 1 saturated heterocycles. The molecule has 35 heavy (non-hydrogen) atoms. The molecule has 1 N–H and O–H groups in total. The highest BCUT2D eigenvalue weighted by Crippen LogP contribution is 2.26. The number of halogens is 1. The van der Waals surface area contributed by atoms with Crippen LogP contribution in [0.25, 0.3) is 0 Å². The molecule has 0 unspecified atom stereocenters. The van der Waals surface area contributed by atoms with Crippen LogP contribution in [0.15, 0.2) is 83.8 Å². The zero-order chi connectivity index (χ0) is 24.8. The number of benzene rings is 3. The highest BCUT2D eigenvalue weighted by atomic mass is 35.5. The highest BCUT2D eigenvalue weighted by Gasteiger charge is 2.27. The van der Waals surface area contributed by atoms with E-state index in [0.29, 0.717) is 23.7 Å². The molecule has 3 aromatic rings. The van der Waals surface area contributed by atoms with Crippen LogP contribution in [0.1, 0.15) is 24.0 Å². The van der Waals surface area contributed by atoms with Crippen molar-refractivity contribution in [2.24, 2.45) is 0 Å². The Kier molecular flexibility index (Phi) is 7.73. The second-order valence-corrected chi connectivity index (χ2v) is 10.6. The molecule has 1 aliphatic rings. The second-order valence-electron chi connectivity index (χ2n) is 8.32. The molecular weight excluding hydrogens is 486 g/mol. The fourth-order valence-electron chi connectivity index (χ4n) is 3.91. The molecule has 0 bridgehead atoms. The molecular formula is C26H26ClN3O4S. The number of sulfonamides is 1. The largest absolute Gasteiger partial charge is 0.350 e. The summed E-state index contributed by atoms with van der Waals surface area (Å²) in [6.07, 6.45) is 1.51. The molecule has 1 aliphatic heterocycles. The molecule has 4 rings (SSSR count). The average molecular weight is 512 g/mol. The van der Waals surface area contributed by atoms with Crippen molar-refractivity contribution in [3.8, 4) is 0 Å². The van der Waals surface area contributed by atoms with Gasteiger partial charge in [-0.2, -0.15) is 0 Å². The quantitative estimate of drug-likeness (QED) is 0.471. The van der Waals surface area contributed by atoms with Gasteiger partial charge in [0.1, 0.15) is 6.54 Å². The lowest BCUT2D eigenvalue weighted by molar-refractivity contribution is -0.128. The molecule has 0 saturated carbocycles. The standard InChI is InChI=1S/C26H26ClN3O4S/c27-22-6-4-7-23(16-22)30(35(33,34)24-8-2-1-3-9-24)19-25(31)28-17-20-11-13-21(14-12-20)18-29-15-5-10-26(29)32/h1-4,6-9,11-14,16H,5,10,15,17-19H2,(H,28,31). The number of carbonyl (C=O) groups is 2. The minimum Gasteiger partial charge on any atom is -0.350 e. The summed E-state index contributed by atoms with van der Waals surface area (Å²) in [7, 11) is -3.99. The summed E-state index contributed by atoms with van der Waals surface area (Å²) in [5.41, 5.74) is 2.20. The van der Waals surface area contributed by atoms with Gasteiger partial charge < -0.3 is 10.2 Å². The van der Waals surface area contributed by atoms with Crippen LogP contribution in [0.2, 0.25) is 5.02 Å². The van der Waals surface area contributed by atoms with E-state index < -0.39 is 22.5 Å². The summed E-state index contributed by atoms with van der Waals surface area (Å²) in [6, 6.07) is 22.0. The predicted octanol–water partition coefficient (Wildman–Crippen LogP) is 3.97. The zero-order valence-corrected chi connectivity index (χ0v) is 20.6. The first-order chi connectivity index (χ1) is 16.8. The Bertz CT molecular complexity index is 1300. The first-order valence-corrected chi connectivity index (χ1v) is 13.1. The van der Waals surface area contributed by atoms with E-state index in [2.05, 4.69) is 5.32 Å².